The SMILES string of the molecule is CC#C[C@@H](O)C1(Cc2cccs2)CCC1. The summed E-state index contributed by atoms with van der Waals surface area (Å²) in [4.78, 5) is 1.37. The molecule has 1 aromatic rings. The number of aliphatic hydroxyl groups is 1. The van der Waals surface area contributed by atoms with Crippen LogP contribution in [0, 0.1) is 17.3 Å². The molecule has 1 saturated carbocycles. The van der Waals surface area contributed by atoms with E-state index >= 15 is 0 Å². The molecule has 15 heavy (non-hydrogen) atoms. The summed E-state index contributed by atoms with van der Waals surface area (Å²) in [7, 11) is 0. The Hall–Kier alpha value is -0.780. The molecule has 1 nitrogen and oxygen atoms in total. The summed E-state index contributed by atoms with van der Waals surface area (Å²) in [5, 5.41) is 12.1. The highest BCUT2D eigenvalue weighted by Gasteiger charge is 2.42. The maximum atomic E-state index is 10.0. The second kappa shape index (κ2) is 4.38. The molecule has 2 rings (SSSR count). The normalized spacial score (nSPS) is 19.9. The minimum atomic E-state index is -0.446. The zero-order valence-electron chi connectivity index (χ0n) is 8.99. The van der Waals surface area contributed by atoms with Gasteiger partial charge in [0, 0.05) is 10.3 Å². The van der Waals surface area contributed by atoms with Gasteiger partial charge in [-0.3, -0.25) is 0 Å². The van der Waals surface area contributed by atoms with E-state index in [1.54, 1.807) is 18.3 Å². The van der Waals surface area contributed by atoms with Gasteiger partial charge in [0.05, 0.1) is 0 Å². The zero-order chi connectivity index (χ0) is 10.7. The molecular weight excluding hydrogens is 204 g/mol. The van der Waals surface area contributed by atoms with E-state index in [0.717, 1.165) is 19.3 Å². The van der Waals surface area contributed by atoms with E-state index in [4.69, 9.17) is 0 Å². The monoisotopic (exact) mass is 220 g/mol. The number of thiophene rings is 1. The van der Waals surface area contributed by atoms with Gasteiger partial charge < -0.3 is 5.11 Å². The van der Waals surface area contributed by atoms with Crippen LogP contribution in [0.3, 0.4) is 0 Å². The van der Waals surface area contributed by atoms with E-state index in [-0.39, 0.29) is 5.41 Å². The highest BCUT2D eigenvalue weighted by Crippen LogP contribution is 2.47. The molecule has 80 valence electrons. The average molecular weight is 220 g/mol. The van der Waals surface area contributed by atoms with Crippen molar-refractivity contribution in [1.82, 2.24) is 0 Å². The fourth-order valence-electron chi connectivity index (χ4n) is 2.23. The lowest BCUT2D eigenvalue weighted by Gasteiger charge is -2.43. The first kappa shape index (κ1) is 10.7. The predicted octanol–water partition coefficient (Wildman–Crippen LogP) is 2.85. The summed E-state index contributed by atoms with van der Waals surface area (Å²) in [5.74, 6) is 5.74. The standard InChI is InChI=1S/C13H16OS/c1-2-5-12(14)13(7-4-8-13)10-11-6-3-9-15-11/h3,6,9,12,14H,4,7-8,10H2,1H3/t12-/m1/s1. The molecule has 1 fully saturated rings. The quantitative estimate of drug-likeness (QED) is 0.777. The van der Waals surface area contributed by atoms with Crippen LogP contribution in [0.4, 0.5) is 0 Å². The second-order valence-electron chi connectivity index (χ2n) is 4.27. The molecule has 1 aromatic heterocycles. The Kier molecular flexibility index (Phi) is 3.14. The first-order valence-corrected chi connectivity index (χ1v) is 6.27. The molecule has 1 atom stereocenters. The molecule has 1 N–H and O–H groups in total. The van der Waals surface area contributed by atoms with Crippen LogP contribution in [0.5, 0.6) is 0 Å². The predicted molar refractivity (Wildman–Crippen MR) is 63.8 cm³/mol. The lowest BCUT2D eigenvalue weighted by atomic mass is 9.63. The summed E-state index contributed by atoms with van der Waals surface area (Å²) in [6.07, 6.45) is 3.99. The van der Waals surface area contributed by atoms with Crippen LogP contribution in [0.2, 0.25) is 0 Å². The van der Waals surface area contributed by atoms with Gasteiger partial charge >= 0.3 is 0 Å². The molecule has 0 amide bonds. The minimum Gasteiger partial charge on any atom is -0.380 e. The van der Waals surface area contributed by atoms with Crippen LogP contribution in [0.1, 0.15) is 31.1 Å². The van der Waals surface area contributed by atoms with Crippen molar-refractivity contribution in [2.75, 3.05) is 0 Å². The molecule has 0 aromatic carbocycles. The van der Waals surface area contributed by atoms with Gasteiger partial charge in [-0.2, -0.15) is 0 Å². The third kappa shape index (κ3) is 2.09. The molecule has 1 heterocycles. The Morgan fingerprint density at radius 2 is 2.40 bits per heavy atom. The Labute approximate surface area is 95.1 Å². The summed E-state index contributed by atoms with van der Waals surface area (Å²) in [6, 6.07) is 4.22. The molecule has 0 unspecified atom stereocenters. The summed E-state index contributed by atoms with van der Waals surface area (Å²) in [6.45, 7) is 1.79. The van der Waals surface area contributed by atoms with Gasteiger partial charge in [0.2, 0.25) is 0 Å². The van der Waals surface area contributed by atoms with Gasteiger partial charge in [-0.15, -0.1) is 17.3 Å². The maximum absolute atomic E-state index is 10.0. The minimum absolute atomic E-state index is 0.0495. The van der Waals surface area contributed by atoms with Crippen LogP contribution in [0.15, 0.2) is 17.5 Å². The summed E-state index contributed by atoms with van der Waals surface area (Å²) in [5.41, 5.74) is 0.0495. The average Bonchev–Trinajstić information content (AvgIpc) is 2.63. The van der Waals surface area contributed by atoms with Gasteiger partial charge in [-0.05, 0) is 37.6 Å². The molecule has 0 bridgehead atoms. The van der Waals surface area contributed by atoms with Crippen LogP contribution >= 0.6 is 11.3 Å². The van der Waals surface area contributed by atoms with Gasteiger partial charge in [0.25, 0.3) is 0 Å². The van der Waals surface area contributed by atoms with Crippen LogP contribution < -0.4 is 0 Å². The molecule has 0 aliphatic heterocycles. The highest BCUT2D eigenvalue weighted by molar-refractivity contribution is 7.09. The molecule has 0 radical (unpaired) electrons. The van der Waals surface area contributed by atoms with Gasteiger partial charge in [0.1, 0.15) is 6.10 Å². The number of aliphatic hydroxyl groups excluding tert-OH is 1. The van der Waals surface area contributed by atoms with Gasteiger partial charge in [-0.25, -0.2) is 0 Å². The number of hydrogen-bond acceptors (Lipinski definition) is 2. The van der Waals surface area contributed by atoms with Crippen LogP contribution in [-0.2, 0) is 6.42 Å². The van der Waals surface area contributed by atoms with E-state index in [1.807, 2.05) is 0 Å². The van der Waals surface area contributed by atoms with Crippen molar-refractivity contribution < 1.29 is 5.11 Å². The molecule has 2 heteroatoms. The lowest BCUT2D eigenvalue weighted by molar-refractivity contribution is 0.00161. The molecular formula is C13H16OS. The lowest BCUT2D eigenvalue weighted by Crippen LogP contribution is -2.42. The molecule has 1 aliphatic rings. The van der Waals surface area contributed by atoms with Gasteiger partial charge in [0.15, 0.2) is 0 Å². The number of rotatable bonds is 3. The zero-order valence-corrected chi connectivity index (χ0v) is 9.81. The largest absolute Gasteiger partial charge is 0.380 e. The van der Waals surface area contributed by atoms with E-state index in [1.165, 1.54) is 11.3 Å². The fraction of sp³-hybridized carbons (Fsp3) is 0.538. The summed E-state index contributed by atoms with van der Waals surface area (Å²) >= 11 is 1.78. The second-order valence-corrected chi connectivity index (χ2v) is 5.30. The van der Waals surface area contributed by atoms with E-state index in [9.17, 15) is 5.11 Å². The van der Waals surface area contributed by atoms with E-state index < -0.39 is 6.10 Å². The Morgan fingerprint density at radius 1 is 1.60 bits per heavy atom. The number of hydrogen-bond donors (Lipinski definition) is 1. The topological polar surface area (TPSA) is 20.2 Å². The first-order valence-electron chi connectivity index (χ1n) is 5.39. The highest BCUT2D eigenvalue weighted by atomic mass is 32.1. The molecule has 0 spiro atoms. The molecule has 1 aliphatic carbocycles. The van der Waals surface area contributed by atoms with Gasteiger partial charge in [-0.1, -0.05) is 18.4 Å². The van der Waals surface area contributed by atoms with Crippen molar-refractivity contribution in [3.8, 4) is 11.8 Å². The van der Waals surface area contributed by atoms with Crippen molar-refractivity contribution in [3.63, 3.8) is 0 Å². The first-order chi connectivity index (χ1) is 7.27. The maximum Gasteiger partial charge on any atom is 0.120 e. The molecule has 0 saturated heterocycles. The fourth-order valence-corrected chi connectivity index (χ4v) is 3.09. The van der Waals surface area contributed by atoms with Crippen LogP contribution in [-0.4, -0.2) is 11.2 Å². The third-order valence-electron chi connectivity index (χ3n) is 3.32. The Morgan fingerprint density at radius 3 is 2.87 bits per heavy atom. The smallest absolute Gasteiger partial charge is 0.120 e. The Bertz CT molecular complexity index is 365. The summed E-state index contributed by atoms with van der Waals surface area (Å²) < 4.78 is 0. The third-order valence-corrected chi connectivity index (χ3v) is 4.19. The van der Waals surface area contributed by atoms with E-state index in [0.29, 0.717) is 0 Å². The van der Waals surface area contributed by atoms with E-state index in [2.05, 4.69) is 29.4 Å². The van der Waals surface area contributed by atoms with Crippen molar-refractivity contribution >= 4 is 11.3 Å². The van der Waals surface area contributed by atoms with Crippen molar-refractivity contribution in [3.05, 3.63) is 22.4 Å². The van der Waals surface area contributed by atoms with Crippen molar-refractivity contribution in [2.24, 2.45) is 5.41 Å². The Balaban J connectivity index is 2.10. The van der Waals surface area contributed by atoms with Crippen LogP contribution in [0.25, 0.3) is 0 Å². The van der Waals surface area contributed by atoms with Crippen molar-refractivity contribution in [2.45, 2.75) is 38.7 Å². The van der Waals surface area contributed by atoms with Crippen molar-refractivity contribution in [1.29, 1.82) is 0 Å².